The van der Waals surface area contributed by atoms with Crippen LogP contribution < -0.4 is 4.90 Å². The number of thioether (sulfide) groups is 1. The lowest BCUT2D eigenvalue weighted by molar-refractivity contribution is -0.115. The van der Waals surface area contributed by atoms with Crippen molar-refractivity contribution < 1.29 is 9.18 Å². The van der Waals surface area contributed by atoms with Gasteiger partial charge < -0.3 is 0 Å². The topological polar surface area (TPSA) is 46.1 Å². The molecule has 1 aromatic carbocycles. The maximum atomic E-state index is 14.4. The Balaban J connectivity index is 1.34. The lowest BCUT2D eigenvalue weighted by atomic mass is 9.50. The summed E-state index contributed by atoms with van der Waals surface area (Å²) in [4.78, 5) is 14.3. The first-order valence-electron chi connectivity index (χ1n) is 10.1. The fourth-order valence-corrected chi connectivity index (χ4v) is 8.79. The van der Waals surface area contributed by atoms with E-state index < -0.39 is 0 Å². The highest BCUT2D eigenvalue weighted by Crippen LogP contribution is 2.61. The quantitative estimate of drug-likeness (QED) is 0.714. The van der Waals surface area contributed by atoms with Crippen molar-refractivity contribution in [3.63, 3.8) is 0 Å². The molecule has 4 bridgehead atoms. The highest BCUT2D eigenvalue weighted by atomic mass is 32.2. The Hall–Kier alpha value is -1.47. The van der Waals surface area contributed by atoms with Gasteiger partial charge in [-0.2, -0.15) is 0 Å². The molecule has 5 aliphatic rings. The zero-order valence-corrected chi connectivity index (χ0v) is 17.1. The number of anilines is 1. The van der Waals surface area contributed by atoms with Gasteiger partial charge in [0, 0.05) is 11.0 Å². The minimum atomic E-state index is -0.356. The Bertz CT molecular complexity index is 910. The molecule has 5 fully saturated rings. The summed E-state index contributed by atoms with van der Waals surface area (Å²) >= 11 is 3.04. The molecule has 1 aliphatic heterocycles. The van der Waals surface area contributed by atoms with Gasteiger partial charge in [-0.05, 0) is 62.3 Å². The second-order valence-corrected chi connectivity index (χ2v) is 11.1. The van der Waals surface area contributed by atoms with Crippen molar-refractivity contribution in [2.75, 3.05) is 10.7 Å². The highest BCUT2D eigenvalue weighted by molar-refractivity contribution is 8.00. The number of rotatable bonds is 3. The summed E-state index contributed by atoms with van der Waals surface area (Å²) in [6.07, 6.45) is 7.86. The molecule has 7 rings (SSSR count). The van der Waals surface area contributed by atoms with Crippen LogP contribution in [-0.2, 0) is 10.2 Å². The Morgan fingerprint density at radius 1 is 1.04 bits per heavy atom. The van der Waals surface area contributed by atoms with E-state index >= 15 is 0 Å². The summed E-state index contributed by atoms with van der Waals surface area (Å²) in [6.45, 7) is 0. The van der Waals surface area contributed by atoms with Crippen LogP contribution >= 0.6 is 23.1 Å². The van der Waals surface area contributed by atoms with E-state index in [2.05, 4.69) is 10.2 Å². The predicted molar refractivity (Wildman–Crippen MR) is 109 cm³/mol. The van der Waals surface area contributed by atoms with Crippen molar-refractivity contribution in [1.82, 2.24) is 10.2 Å². The maximum absolute atomic E-state index is 14.4. The summed E-state index contributed by atoms with van der Waals surface area (Å²) in [6, 6.07) is 6.72. The van der Waals surface area contributed by atoms with Crippen LogP contribution in [0.3, 0.4) is 0 Å². The van der Waals surface area contributed by atoms with Crippen LogP contribution in [0.5, 0.6) is 0 Å². The molecule has 7 heteroatoms. The van der Waals surface area contributed by atoms with Gasteiger partial charge in [-0.1, -0.05) is 29.5 Å². The Morgan fingerprint density at radius 2 is 1.71 bits per heavy atom. The van der Waals surface area contributed by atoms with Gasteiger partial charge in [0.15, 0.2) is 0 Å². The van der Waals surface area contributed by atoms with E-state index in [1.165, 1.54) is 56.4 Å². The van der Waals surface area contributed by atoms with Crippen molar-refractivity contribution in [2.45, 2.75) is 49.3 Å². The molecule has 1 atom stereocenters. The molecule has 1 aromatic heterocycles. The van der Waals surface area contributed by atoms with Gasteiger partial charge in [-0.15, -0.1) is 22.0 Å². The summed E-state index contributed by atoms with van der Waals surface area (Å²) in [5.74, 6) is 2.60. The molecular formula is C21H22FN3OS2. The van der Waals surface area contributed by atoms with Crippen LogP contribution in [-0.4, -0.2) is 21.9 Å². The molecule has 146 valence electrons. The first kappa shape index (κ1) is 17.4. The summed E-state index contributed by atoms with van der Waals surface area (Å²) in [7, 11) is 0. The Labute approximate surface area is 171 Å². The van der Waals surface area contributed by atoms with E-state index in [9.17, 15) is 9.18 Å². The van der Waals surface area contributed by atoms with Crippen LogP contribution in [0.4, 0.5) is 9.52 Å². The van der Waals surface area contributed by atoms with Crippen molar-refractivity contribution in [2.24, 2.45) is 17.8 Å². The standard InChI is InChI=1S/C21H22FN3OS2/c22-16-4-2-1-3-15(16)18-25(17(26)11-27-18)20-24-23-19(28-20)21-8-12-5-13(9-21)7-14(6-12)10-21/h1-4,12-14,18H,5-11H2/t12?,13?,14?,18-,21?/m1/s1. The highest BCUT2D eigenvalue weighted by Gasteiger charge is 2.53. The number of benzene rings is 1. The Morgan fingerprint density at radius 3 is 2.39 bits per heavy atom. The fourth-order valence-electron chi connectivity index (χ4n) is 6.44. The minimum absolute atomic E-state index is 0.00790. The number of nitrogens with zero attached hydrogens (tertiary/aromatic N) is 3. The monoisotopic (exact) mass is 415 g/mol. The molecule has 28 heavy (non-hydrogen) atoms. The molecule has 0 unspecified atom stereocenters. The normalized spacial score (nSPS) is 36.5. The molecule has 4 aliphatic carbocycles. The van der Waals surface area contributed by atoms with Crippen LogP contribution in [0, 0.1) is 23.6 Å². The number of carbonyl (C=O) groups is 1. The van der Waals surface area contributed by atoms with Crippen LogP contribution in [0.25, 0.3) is 0 Å². The first-order chi connectivity index (χ1) is 13.6. The number of aromatic nitrogens is 2. The molecular weight excluding hydrogens is 393 g/mol. The third-order valence-electron chi connectivity index (χ3n) is 7.15. The van der Waals surface area contributed by atoms with Crippen molar-refractivity contribution in [3.8, 4) is 0 Å². The van der Waals surface area contributed by atoms with Crippen LogP contribution in [0.1, 0.15) is 54.5 Å². The number of carbonyl (C=O) groups excluding carboxylic acids is 1. The molecule has 0 radical (unpaired) electrons. The first-order valence-corrected chi connectivity index (χ1v) is 12.0. The average molecular weight is 416 g/mol. The van der Waals surface area contributed by atoms with Crippen molar-refractivity contribution in [3.05, 3.63) is 40.7 Å². The van der Waals surface area contributed by atoms with Crippen molar-refractivity contribution >= 4 is 34.1 Å². The van der Waals surface area contributed by atoms with E-state index in [0.29, 0.717) is 16.4 Å². The number of amides is 1. The van der Waals surface area contributed by atoms with Gasteiger partial charge in [0.05, 0.1) is 5.75 Å². The lowest BCUT2D eigenvalue weighted by Gasteiger charge is -2.55. The van der Waals surface area contributed by atoms with Gasteiger partial charge >= 0.3 is 0 Å². The second-order valence-electron chi connectivity index (χ2n) is 9.04. The molecule has 4 nitrogen and oxygen atoms in total. The van der Waals surface area contributed by atoms with Crippen LogP contribution in [0.15, 0.2) is 24.3 Å². The van der Waals surface area contributed by atoms with Crippen molar-refractivity contribution in [1.29, 1.82) is 0 Å². The van der Waals surface area contributed by atoms with Gasteiger partial charge in [0.1, 0.15) is 16.2 Å². The molecule has 2 aromatic rings. The zero-order valence-electron chi connectivity index (χ0n) is 15.5. The van der Waals surface area contributed by atoms with Gasteiger partial charge in [0.2, 0.25) is 11.0 Å². The minimum Gasteiger partial charge on any atom is -0.273 e. The number of hydrogen-bond donors (Lipinski definition) is 0. The number of halogens is 1. The predicted octanol–water partition coefficient (Wildman–Crippen LogP) is 4.92. The van der Waals surface area contributed by atoms with E-state index in [0.717, 1.165) is 22.8 Å². The van der Waals surface area contributed by atoms with Gasteiger partial charge in [-0.25, -0.2) is 4.39 Å². The van der Waals surface area contributed by atoms with Gasteiger partial charge in [0.25, 0.3) is 0 Å². The third-order valence-corrected chi connectivity index (χ3v) is 9.51. The molecule has 1 saturated heterocycles. The smallest absolute Gasteiger partial charge is 0.240 e. The second kappa shape index (κ2) is 6.26. The molecule has 2 heterocycles. The van der Waals surface area contributed by atoms with E-state index in [1.54, 1.807) is 28.4 Å². The molecule has 4 saturated carbocycles. The van der Waals surface area contributed by atoms with E-state index in [4.69, 9.17) is 0 Å². The maximum Gasteiger partial charge on any atom is 0.240 e. The van der Waals surface area contributed by atoms with Gasteiger partial charge in [-0.3, -0.25) is 9.69 Å². The summed E-state index contributed by atoms with van der Waals surface area (Å²) < 4.78 is 14.4. The third kappa shape index (κ3) is 2.58. The van der Waals surface area contributed by atoms with E-state index in [1.807, 2.05) is 6.07 Å². The Kier molecular flexibility index (Phi) is 3.89. The largest absolute Gasteiger partial charge is 0.273 e. The van der Waals surface area contributed by atoms with E-state index in [-0.39, 0.29) is 22.5 Å². The summed E-state index contributed by atoms with van der Waals surface area (Å²) in [5, 5.41) is 10.4. The molecule has 0 N–H and O–H groups in total. The molecule has 0 spiro atoms. The number of hydrogen-bond acceptors (Lipinski definition) is 5. The summed E-state index contributed by atoms with van der Waals surface area (Å²) in [5.41, 5.74) is 0.721. The van der Waals surface area contributed by atoms with Crippen LogP contribution in [0.2, 0.25) is 0 Å². The SMILES string of the molecule is O=C1CS[C@H](c2ccccc2F)N1c1nnc(C23CC4CC(CC(C4)C2)C3)s1. The average Bonchev–Trinajstić information content (AvgIpc) is 3.28. The molecule has 1 amide bonds. The zero-order chi connectivity index (χ0) is 18.9. The fraction of sp³-hybridized carbons (Fsp3) is 0.571. The lowest BCUT2D eigenvalue weighted by Crippen LogP contribution is -2.48.